The topological polar surface area (TPSA) is 108 Å². The Labute approximate surface area is 210 Å². The van der Waals surface area contributed by atoms with E-state index in [0.29, 0.717) is 17.3 Å². The molecule has 11 heteroatoms. The molecular formula is C23H27BrN6O3S. The lowest BCUT2D eigenvalue weighted by Crippen LogP contribution is -2.40. The lowest BCUT2D eigenvalue weighted by Gasteiger charge is -2.33. The summed E-state index contributed by atoms with van der Waals surface area (Å²) in [7, 11) is 0. The summed E-state index contributed by atoms with van der Waals surface area (Å²) in [6.07, 6.45) is 4.49. The van der Waals surface area contributed by atoms with Crippen molar-refractivity contribution in [3.05, 3.63) is 22.9 Å². The first kappa shape index (κ1) is 23.2. The number of aryl methyl sites for hydroxylation is 1. The number of amides is 1. The fraction of sp³-hybridized carbons (Fsp3) is 0.478. The van der Waals surface area contributed by atoms with E-state index in [1.807, 2.05) is 30.9 Å². The van der Waals surface area contributed by atoms with Crippen molar-refractivity contribution in [1.82, 2.24) is 24.4 Å². The molecule has 2 aliphatic rings. The molecular weight excluding hydrogens is 520 g/mol. The highest BCUT2D eigenvalue weighted by atomic mass is 79.9. The third-order valence-electron chi connectivity index (χ3n) is 6.33. The van der Waals surface area contributed by atoms with Crippen LogP contribution in [-0.2, 0) is 11.3 Å². The van der Waals surface area contributed by atoms with Gasteiger partial charge in [-0.1, -0.05) is 25.6 Å². The Bertz CT molecular complexity index is 1230. The number of aromatic nitrogens is 4. The highest BCUT2D eigenvalue weighted by Gasteiger charge is 2.25. The summed E-state index contributed by atoms with van der Waals surface area (Å²) in [6.45, 7) is 6.57. The number of likely N-dealkylation sites (tertiary alicyclic amines) is 1. The van der Waals surface area contributed by atoms with Gasteiger partial charge in [-0.2, -0.15) is 0 Å². The first-order valence-electron chi connectivity index (χ1n) is 11.4. The summed E-state index contributed by atoms with van der Waals surface area (Å²) < 4.78 is 14.1. The average molecular weight is 547 g/mol. The minimum atomic E-state index is 0.0501. The van der Waals surface area contributed by atoms with Crippen LogP contribution in [0.1, 0.15) is 33.1 Å². The minimum absolute atomic E-state index is 0.0501. The number of ether oxygens (including phenoxy) is 2. The molecule has 2 N–H and O–H groups in total. The molecule has 4 heterocycles. The van der Waals surface area contributed by atoms with E-state index in [0.717, 1.165) is 70.6 Å². The quantitative estimate of drug-likeness (QED) is 0.486. The van der Waals surface area contributed by atoms with Crippen molar-refractivity contribution in [2.75, 3.05) is 25.6 Å². The van der Waals surface area contributed by atoms with Gasteiger partial charge in [0, 0.05) is 34.9 Å². The number of rotatable bonds is 6. The Kier molecular flexibility index (Phi) is 6.57. The van der Waals surface area contributed by atoms with E-state index >= 15 is 0 Å². The highest BCUT2D eigenvalue weighted by molar-refractivity contribution is 9.10. The van der Waals surface area contributed by atoms with Gasteiger partial charge in [0.25, 0.3) is 0 Å². The van der Waals surface area contributed by atoms with Gasteiger partial charge in [-0.05, 0) is 53.2 Å². The fourth-order valence-corrected chi connectivity index (χ4v) is 5.92. The first-order chi connectivity index (χ1) is 16.4. The molecule has 1 fully saturated rings. The lowest BCUT2D eigenvalue weighted by molar-refractivity contribution is -0.135. The van der Waals surface area contributed by atoms with Crippen molar-refractivity contribution in [1.29, 1.82) is 0 Å². The molecule has 1 amide bonds. The van der Waals surface area contributed by atoms with Gasteiger partial charge in [0.15, 0.2) is 33.6 Å². The second-order valence-electron chi connectivity index (χ2n) is 8.93. The van der Waals surface area contributed by atoms with Gasteiger partial charge in [0.2, 0.25) is 12.7 Å². The molecule has 0 spiro atoms. The number of nitrogens with zero attached hydrogens (tertiary/aromatic N) is 5. The molecule has 0 aliphatic carbocycles. The Morgan fingerprint density at radius 2 is 1.97 bits per heavy atom. The molecule has 0 saturated carbocycles. The summed E-state index contributed by atoms with van der Waals surface area (Å²) in [5.74, 6) is 2.66. The third-order valence-corrected chi connectivity index (χ3v) is 8.31. The number of halogens is 1. The van der Waals surface area contributed by atoms with Crippen molar-refractivity contribution in [2.45, 2.75) is 49.7 Å². The van der Waals surface area contributed by atoms with E-state index in [-0.39, 0.29) is 18.6 Å². The van der Waals surface area contributed by atoms with E-state index in [9.17, 15) is 4.79 Å². The molecule has 0 radical (unpaired) electrons. The van der Waals surface area contributed by atoms with E-state index < -0.39 is 0 Å². The standard InChI is InChI=1S/C23H27BrN6O3S/c1-13(2)22(31)29-6-3-14(4-7-29)5-8-30-21-19(20(25)26-11-27-21)28-23(30)34-18-10-17-16(9-15(18)24)32-12-33-17/h9-11,13-14H,3-8,12H2,1-2H3,(H2,25,26,27). The summed E-state index contributed by atoms with van der Waals surface area (Å²) >= 11 is 5.17. The monoisotopic (exact) mass is 546 g/mol. The van der Waals surface area contributed by atoms with E-state index in [1.54, 1.807) is 0 Å². The zero-order valence-corrected chi connectivity index (χ0v) is 21.6. The van der Waals surface area contributed by atoms with Crippen LogP contribution in [0, 0.1) is 11.8 Å². The molecule has 0 unspecified atom stereocenters. The maximum Gasteiger partial charge on any atom is 0.231 e. The molecule has 9 nitrogen and oxygen atoms in total. The number of fused-ring (bicyclic) bond motifs is 2. The third kappa shape index (κ3) is 4.55. The van der Waals surface area contributed by atoms with Crippen molar-refractivity contribution >= 4 is 50.6 Å². The number of imidazole rings is 1. The van der Waals surface area contributed by atoms with E-state index in [4.69, 9.17) is 20.2 Å². The van der Waals surface area contributed by atoms with Gasteiger partial charge in [-0.3, -0.25) is 4.79 Å². The predicted molar refractivity (Wildman–Crippen MR) is 133 cm³/mol. The van der Waals surface area contributed by atoms with Crippen LogP contribution >= 0.6 is 27.7 Å². The van der Waals surface area contributed by atoms with Crippen molar-refractivity contribution in [3.63, 3.8) is 0 Å². The van der Waals surface area contributed by atoms with Crippen molar-refractivity contribution < 1.29 is 14.3 Å². The molecule has 180 valence electrons. The SMILES string of the molecule is CC(C)C(=O)N1CCC(CCn2c(Sc3cc4c(cc3Br)OCO4)nc3c(N)ncnc32)CC1. The Morgan fingerprint density at radius 1 is 1.24 bits per heavy atom. The largest absolute Gasteiger partial charge is 0.454 e. The molecule has 34 heavy (non-hydrogen) atoms. The van der Waals surface area contributed by atoms with Crippen LogP contribution in [0.3, 0.4) is 0 Å². The maximum absolute atomic E-state index is 12.3. The van der Waals surface area contributed by atoms with Gasteiger partial charge in [-0.15, -0.1) is 0 Å². The van der Waals surface area contributed by atoms with Crippen molar-refractivity contribution in [2.24, 2.45) is 11.8 Å². The molecule has 1 saturated heterocycles. The average Bonchev–Trinajstić information content (AvgIpc) is 3.42. The van der Waals surface area contributed by atoms with Crippen LogP contribution in [0.25, 0.3) is 11.2 Å². The maximum atomic E-state index is 12.3. The van der Waals surface area contributed by atoms with Gasteiger partial charge in [0.1, 0.15) is 6.33 Å². The van der Waals surface area contributed by atoms with Crippen LogP contribution in [0.15, 0.2) is 33.0 Å². The molecule has 1 aromatic carbocycles. The summed E-state index contributed by atoms with van der Waals surface area (Å²) in [4.78, 5) is 28.7. The summed E-state index contributed by atoms with van der Waals surface area (Å²) in [6, 6.07) is 3.87. The number of nitrogen functional groups attached to an aromatic ring is 1. The number of hydrogen-bond acceptors (Lipinski definition) is 8. The number of benzene rings is 1. The summed E-state index contributed by atoms with van der Waals surface area (Å²) in [5, 5.41) is 0.800. The number of carbonyl (C=O) groups is 1. The van der Waals surface area contributed by atoms with Crippen LogP contribution in [0.4, 0.5) is 5.82 Å². The van der Waals surface area contributed by atoms with Crippen molar-refractivity contribution in [3.8, 4) is 11.5 Å². The molecule has 0 atom stereocenters. The number of anilines is 1. The zero-order valence-electron chi connectivity index (χ0n) is 19.2. The number of nitrogens with two attached hydrogens (primary N) is 1. The van der Waals surface area contributed by atoms with Gasteiger partial charge in [0.05, 0.1) is 0 Å². The normalized spacial score (nSPS) is 16.1. The van der Waals surface area contributed by atoms with Crippen LogP contribution in [0.5, 0.6) is 11.5 Å². The second-order valence-corrected chi connectivity index (χ2v) is 10.8. The Balaban J connectivity index is 1.36. The fourth-order valence-electron chi connectivity index (χ4n) is 4.41. The van der Waals surface area contributed by atoms with Crippen LogP contribution < -0.4 is 15.2 Å². The number of carbonyl (C=O) groups excluding carboxylic acids is 1. The first-order valence-corrected chi connectivity index (χ1v) is 13.0. The minimum Gasteiger partial charge on any atom is -0.454 e. The molecule has 0 bridgehead atoms. The van der Waals surface area contributed by atoms with Gasteiger partial charge < -0.3 is 24.7 Å². The zero-order chi connectivity index (χ0) is 23.8. The predicted octanol–water partition coefficient (Wildman–Crippen LogP) is 4.34. The van der Waals surface area contributed by atoms with Gasteiger partial charge in [-0.25, -0.2) is 15.0 Å². The molecule has 2 aliphatic heterocycles. The smallest absolute Gasteiger partial charge is 0.231 e. The molecule has 5 rings (SSSR count). The number of hydrogen-bond donors (Lipinski definition) is 1. The molecule has 3 aromatic rings. The Morgan fingerprint density at radius 3 is 2.71 bits per heavy atom. The van der Waals surface area contributed by atoms with Crippen LogP contribution in [0.2, 0.25) is 0 Å². The lowest BCUT2D eigenvalue weighted by atomic mass is 9.93. The Hall–Kier alpha value is -2.53. The van der Waals surface area contributed by atoms with E-state index in [2.05, 4.69) is 30.5 Å². The van der Waals surface area contributed by atoms with E-state index in [1.165, 1.54) is 18.1 Å². The second kappa shape index (κ2) is 9.61. The molecule has 2 aromatic heterocycles. The van der Waals surface area contributed by atoms with Gasteiger partial charge >= 0.3 is 0 Å². The highest BCUT2D eigenvalue weighted by Crippen LogP contribution is 2.43. The summed E-state index contributed by atoms with van der Waals surface area (Å²) in [5.41, 5.74) is 7.47. The van der Waals surface area contributed by atoms with Crippen LogP contribution in [-0.4, -0.2) is 50.2 Å². The number of piperidine rings is 1.